The van der Waals surface area contributed by atoms with Crippen LogP contribution in [0.3, 0.4) is 0 Å². The lowest BCUT2D eigenvalue weighted by Crippen LogP contribution is -2.36. The summed E-state index contributed by atoms with van der Waals surface area (Å²) in [7, 11) is 0. The number of benzene rings is 1. The van der Waals surface area contributed by atoms with Crippen LogP contribution in [-0.2, 0) is 13.0 Å². The molecule has 1 amide bonds. The van der Waals surface area contributed by atoms with Gasteiger partial charge in [0, 0.05) is 24.2 Å². The zero-order valence-corrected chi connectivity index (χ0v) is 11.7. The maximum absolute atomic E-state index is 12.5. The number of aryl methyl sites for hydroxylation is 1. The highest BCUT2D eigenvalue weighted by atomic mass is 32.1. The van der Waals surface area contributed by atoms with E-state index in [9.17, 15) is 4.79 Å². The van der Waals surface area contributed by atoms with Crippen molar-refractivity contribution in [2.45, 2.75) is 19.9 Å². The Morgan fingerprint density at radius 1 is 1.37 bits per heavy atom. The fourth-order valence-electron chi connectivity index (χ4n) is 2.56. The predicted octanol–water partition coefficient (Wildman–Crippen LogP) is 2.84. The van der Waals surface area contributed by atoms with E-state index in [-0.39, 0.29) is 5.91 Å². The molecule has 0 unspecified atom stereocenters. The van der Waals surface area contributed by atoms with Gasteiger partial charge in [-0.1, -0.05) is 12.1 Å². The number of hydrogen-bond donors (Lipinski definition) is 1. The molecule has 2 heterocycles. The molecule has 0 saturated heterocycles. The third kappa shape index (κ3) is 2.12. The number of nitrogen functional groups attached to an aromatic ring is 1. The Labute approximate surface area is 116 Å². The van der Waals surface area contributed by atoms with Crippen molar-refractivity contribution in [3.63, 3.8) is 0 Å². The van der Waals surface area contributed by atoms with Crippen LogP contribution in [0.4, 0.5) is 5.69 Å². The molecule has 4 heteroatoms. The molecule has 3 rings (SSSR count). The van der Waals surface area contributed by atoms with Gasteiger partial charge in [0.25, 0.3) is 5.91 Å². The summed E-state index contributed by atoms with van der Waals surface area (Å²) in [5.41, 5.74) is 11.1. The first-order chi connectivity index (χ1) is 9.16. The van der Waals surface area contributed by atoms with Gasteiger partial charge in [-0.15, -0.1) is 0 Å². The van der Waals surface area contributed by atoms with E-state index in [2.05, 4.69) is 6.07 Å². The smallest absolute Gasteiger partial charge is 0.255 e. The molecule has 1 aromatic carbocycles. The number of rotatable bonds is 1. The Morgan fingerprint density at radius 3 is 2.95 bits per heavy atom. The van der Waals surface area contributed by atoms with Gasteiger partial charge < -0.3 is 10.6 Å². The third-order valence-corrected chi connectivity index (χ3v) is 4.54. The van der Waals surface area contributed by atoms with E-state index in [0.717, 1.165) is 29.8 Å². The molecule has 1 aliphatic heterocycles. The van der Waals surface area contributed by atoms with E-state index in [1.807, 2.05) is 34.7 Å². The van der Waals surface area contributed by atoms with Crippen LogP contribution < -0.4 is 5.73 Å². The highest BCUT2D eigenvalue weighted by Gasteiger charge is 2.23. The molecule has 1 aromatic heterocycles. The number of thiophene rings is 1. The van der Waals surface area contributed by atoms with Gasteiger partial charge in [0.05, 0.1) is 5.56 Å². The molecular weight excluding hydrogens is 256 g/mol. The Hall–Kier alpha value is -1.81. The highest BCUT2D eigenvalue weighted by Crippen LogP contribution is 2.26. The molecule has 19 heavy (non-hydrogen) atoms. The lowest BCUT2D eigenvalue weighted by Gasteiger charge is -2.29. The van der Waals surface area contributed by atoms with Crippen molar-refractivity contribution in [3.05, 3.63) is 51.2 Å². The van der Waals surface area contributed by atoms with E-state index in [0.29, 0.717) is 6.54 Å². The van der Waals surface area contributed by atoms with Crippen LogP contribution in [0.2, 0.25) is 0 Å². The van der Waals surface area contributed by atoms with Crippen molar-refractivity contribution in [2.24, 2.45) is 0 Å². The summed E-state index contributed by atoms with van der Waals surface area (Å²) < 4.78 is 0. The van der Waals surface area contributed by atoms with Gasteiger partial charge in [0.15, 0.2) is 0 Å². The minimum Gasteiger partial charge on any atom is -0.398 e. The van der Waals surface area contributed by atoms with Crippen LogP contribution in [-0.4, -0.2) is 17.4 Å². The van der Waals surface area contributed by atoms with Crippen LogP contribution in [0, 0.1) is 6.92 Å². The number of hydrogen-bond acceptors (Lipinski definition) is 3. The minimum absolute atomic E-state index is 0.131. The molecule has 0 fully saturated rings. The summed E-state index contributed by atoms with van der Waals surface area (Å²) in [6.07, 6.45) is 0.844. The van der Waals surface area contributed by atoms with Crippen molar-refractivity contribution < 1.29 is 4.79 Å². The van der Waals surface area contributed by atoms with Crippen molar-refractivity contribution in [3.8, 4) is 0 Å². The maximum atomic E-state index is 12.5. The molecule has 2 N–H and O–H groups in total. The van der Waals surface area contributed by atoms with Gasteiger partial charge in [0.2, 0.25) is 0 Å². The zero-order chi connectivity index (χ0) is 13.4. The summed E-state index contributed by atoms with van der Waals surface area (Å²) in [5, 5.41) is 3.95. The second kappa shape index (κ2) is 4.70. The summed E-state index contributed by atoms with van der Waals surface area (Å²) in [5.74, 6) is 0.131. The zero-order valence-electron chi connectivity index (χ0n) is 10.8. The van der Waals surface area contributed by atoms with Gasteiger partial charge in [-0.2, -0.15) is 11.3 Å². The largest absolute Gasteiger partial charge is 0.398 e. The number of nitrogens with zero attached hydrogens (tertiary/aromatic N) is 1. The Morgan fingerprint density at radius 2 is 2.21 bits per heavy atom. The number of amides is 1. The number of carbonyl (C=O) groups is 1. The Balaban J connectivity index is 1.87. The summed E-state index contributed by atoms with van der Waals surface area (Å²) >= 11 is 1.58. The SMILES string of the molecule is Cc1cscc1C(=O)N1CCc2c(N)cccc2C1. The Kier molecular flexibility index (Phi) is 3.03. The fourth-order valence-corrected chi connectivity index (χ4v) is 3.38. The molecule has 0 bridgehead atoms. The van der Waals surface area contributed by atoms with E-state index in [1.165, 1.54) is 11.1 Å². The number of anilines is 1. The fraction of sp³-hybridized carbons (Fsp3) is 0.267. The van der Waals surface area contributed by atoms with Crippen LogP contribution in [0.15, 0.2) is 29.0 Å². The van der Waals surface area contributed by atoms with Crippen molar-refractivity contribution >= 4 is 22.9 Å². The molecule has 98 valence electrons. The highest BCUT2D eigenvalue weighted by molar-refractivity contribution is 7.08. The van der Waals surface area contributed by atoms with Gasteiger partial charge in [0.1, 0.15) is 0 Å². The monoisotopic (exact) mass is 272 g/mol. The average molecular weight is 272 g/mol. The molecule has 0 saturated carbocycles. The number of fused-ring (bicyclic) bond motifs is 1. The topological polar surface area (TPSA) is 46.3 Å². The quantitative estimate of drug-likeness (QED) is 0.811. The first-order valence-corrected chi connectivity index (χ1v) is 7.29. The third-order valence-electron chi connectivity index (χ3n) is 3.68. The second-order valence-corrected chi connectivity index (χ2v) is 5.67. The second-order valence-electron chi connectivity index (χ2n) is 4.93. The Bertz CT molecular complexity index is 633. The molecule has 0 aliphatic carbocycles. The molecular formula is C15H16N2OS. The summed E-state index contributed by atoms with van der Waals surface area (Å²) in [4.78, 5) is 14.4. The van der Waals surface area contributed by atoms with E-state index >= 15 is 0 Å². The van der Waals surface area contributed by atoms with Crippen LogP contribution >= 0.6 is 11.3 Å². The first-order valence-electron chi connectivity index (χ1n) is 6.35. The van der Waals surface area contributed by atoms with Crippen LogP contribution in [0.5, 0.6) is 0 Å². The molecule has 3 nitrogen and oxygen atoms in total. The van der Waals surface area contributed by atoms with E-state index < -0.39 is 0 Å². The summed E-state index contributed by atoms with van der Waals surface area (Å²) in [6.45, 7) is 3.39. The van der Waals surface area contributed by atoms with E-state index in [4.69, 9.17) is 5.73 Å². The van der Waals surface area contributed by atoms with Gasteiger partial charge in [-0.3, -0.25) is 4.79 Å². The van der Waals surface area contributed by atoms with Crippen molar-refractivity contribution in [1.82, 2.24) is 4.90 Å². The van der Waals surface area contributed by atoms with Crippen LogP contribution in [0.1, 0.15) is 27.0 Å². The number of carbonyl (C=O) groups excluding carboxylic acids is 1. The van der Waals surface area contributed by atoms with Gasteiger partial charge in [-0.05, 0) is 41.5 Å². The predicted molar refractivity (Wildman–Crippen MR) is 78.4 cm³/mol. The van der Waals surface area contributed by atoms with Crippen molar-refractivity contribution in [1.29, 1.82) is 0 Å². The lowest BCUT2D eigenvalue weighted by atomic mass is 9.97. The molecule has 1 aliphatic rings. The molecule has 0 radical (unpaired) electrons. The van der Waals surface area contributed by atoms with Crippen molar-refractivity contribution in [2.75, 3.05) is 12.3 Å². The molecule has 0 atom stereocenters. The summed E-state index contributed by atoms with van der Waals surface area (Å²) in [6, 6.07) is 5.95. The average Bonchev–Trinajstić information content (AvgIpc) is 2.84. The van der Waals surface area contributed by atoms with Gasteiger partial charge >= 0.3 is 0 Å². The maximum Gasteiger partial charge on any atom is 0.255 e. The normalized spacial score (nSPS) is 14.3. The van der Waals surface area contributed by atoms with Gasteiger partial charge in [-0.25, -0.2) is 0 Å². The molecule has 0 spiro atoms. The van der Waals surface area contributed by atoms with E-state index in [1.54, 1.807) is 11.3 Å². The first kappa shape index (κ1) is 12.2. The standard InChI is InChI=1S/C15H16N2OS/c1-10-8-19-9-13(10)15(18)17-6-5-12-11(7-17)3-2-4-14(12)16/h2-4,8-9H,5-7,16H2,1H3. The molecule has 2 aromatic rings. The lowest BCUT2D eigenvalue weighted by molar-refractivity contribution is 0.0734. The number of nitrogens with two attached hydrogens (primary N) is 1. The minimum atomic E-state index is 0.131. The van der Waals surface area contributed by atoms with Crippen LogP contribution in [0.25, 0.3) is 0 Å².